The molecule has 0 aliphatic carbocycles. The number of methoxy groups -OCH3 is 1. The predicted octanol–water partition coefficient (Wildman–Crippen LogP) is 4.89. The molecule has 1 atom stereocenters. The molecule has 2 amide bonds. The van der Waals surface area contributed by atoms with E-state index < -0.39 is 22.4 Å². The molecular weight excluding hydrogens is 522 g/mol. The highest BCUT2D eigenvalue weighted by atomic mass is 32.2. The van der Waals surface area contributed by atoms with E-state index in [0.29, 0.717) is 34.5 Å². The first-order valence-corrected chi connectivity index (χ1v) is 12.8. The van der Waals surface area contributed by atoms with Crippen LogP contribution in [-0.2, 0) is 24.4 Å². The number of fused-ring (bicyclic) bond motifs is 1. The van der Waals surface area contributed by atoms with Crippen molar-refractivity contribution in [1.82, 2.24) is 4.90 Å². The predicted molar refractivity (Wildman–Crippen MR) is 144 cm³/mol. The summed E-state index contributed by atoms with van der Waals surface area (Å²) in [5.74, 6) is -0.212. The number of carboxylic acids is 1. The van der Waals surface area contributed by atoms with Gasteiger partial charge in [0.05, 0.1) is 36.1 Å². The van der Waals surface area contributed by atoms with Crippen LogP contribution in [0.25, 0.3) is 11.0 Å². The Morgan fingerprint density at radius 3 is 2.54 bits per heavy atom. The molecule has 5 rings (SSSR count). The summed E-state index contributed by atoms with van der Waals surface area (Å²) in [6, 6.07) is 18.4. The molecule has 1 unspecified atom stereocenters. The third kappa shape index (κ3) is 5.65. The Morgan fingerprint density at radius 2 is 1.79 bits per heavy atom. The number of carboxylic acid groups (broad SMARTS) is 1. The summed E-state index contributed by atoms with van der Waals surface area (Å²) in [5, 5.41) is 8.20. The maximum atomic E-state index is 13.1. The number of carbonyl (C=O) groups is 3. The van der Waals surface area contributed by atoms with Gasteiger partial charge in [0.1, 0.15) is 23.7 Å². The fourth-order valence-corrected chi connectivity index (χ4v) is 5.23. The maximum absolute atomic E-state index is 13.1. The van der Waals surface area contributed by atoms with Gasteiger partial charge in [-0.1, -0.05) is 36.0 Å². The van der Waals surface area contributed by atoms with Crippen LogP contribution in [0.2, 0.25) is 0 Å². The van der Waals surface area contributed by atoms with E-state index in [9.17, 15) is 19.2 Å². The summed E-state index contributed by atoms with van der Waals surface area (Å²) in [5.41, 5.74) is 2.02. The second-order valence-corrected chi connectivity index (χ2v) is 10.0. The molecule has 9 nitrogen and oxygen atoms in total. The van der Waals surface area contributed by atoms with Crippen molar-refractivity contribution in [3.8, 4) is 11.5 Å². The molecule has 0 saturated carbocycles. The summed E-state index contributed by atoms with van der Waals surface area (Å²) >= 11 is 0.861. The van der Waals surface area contributed by atoms with E-state index >= 15 is 0 Å². The second kappa shape index (κ2) is 11.0. The lowest BCUT2D eigenvalue weighted by molar-refractivity contribution is -0.127. The molecule has 2 heterocycles. The van der Waals surface area contributed by atoms with Gasteiger partial charge in [-0.15, -0.1) is 0 Å². The number of aromatic carboxylic acids is 1. The Labute approximate surface area is 226 Å². The van der Waals surface area contributed by atoms with E-state index in [-0.39, 0.29) is 24.0 Å². The number of hydrogen-bond acceptors (Lipinski definition) is 8. The standard InChI is InChI=1S/C29H23NO8S/c1-36-21-4-2-3-18(11-21)15-37-22-9-10-23-24(13-22)38-16-20(26(23)31)12-25-27(32)30(29(35)39-25)14-17-5-7-19(8-6-17)28(33)34/h2-11,13,16,25H,12,14-15H2,1H3,(H,33,34). The van der Waals surface area contributed by atoms with Crippen LogP contribution in [0.4, 0.5) is 4.79 Å². The first kappa shape index (κ1) is 26.1. The summed E-state index contributed by atoms with van der Waals surface area (Å²) < 4.78 is 16.8. The van der Waals surface area contributed by atoms with Crippen LogP contribution < -0.4 is 14.9 Å². The Hall–Kier alpha value is -4.57. The first-order valence-electron chi connectivity index (χ1n) is 12.0. The minimum Gasteiger partial charge on any atom is -0.497 e. The highest BCUT2D eigenvalue weighted by molar-refractivity contribution is 8.15. The molecule has 198 valence electrons. The zero-order chi connectivity index (χ0) is 27.5. The smallest absolute Gasteiger partial charge is 0.335 e. The van der Waals surface area contributed by atoms with Gasteiger partial charge >= 0.3 is 5.97 Å². The molecule has 1 N–H and O–H groups in total. The quantitative estimate of drug-likeness (QED) is 0.313. The fourth-order valence-electron chi connectivity index (χ4n) is 4.21. The van der Waals surface area contributed by atoms with Crippen molar-refractivity contribution in [3.63, 3.8) is 0 Å². The van der Waals surface area contributed by atoms with Crippen LogP contribution in [0.15, 0.2) is 82.2 Å². The summed E-state index contributed by atoms with van der Waals surface area (Å²) in [7, 11) is 1.60. The number of thioether (sulfide) groups is 1. The number of imide groups is 1. The lowest BCUT2D eigenvalue weighted by atomic mass is 10.1. The number of benzene rings is 3. The molecule has 0 spiro atoms. The second-order valence-electron chi connectivity index (χ2n) is 8.89. The number of carbonyl (C=O) groups excluding carboxylic acids is 2. The van der Waals surface area contributed by atoms with E-state index in [1.165, 1.54) is 18.4 Å². The van der Waals surface area contributed by atoms with Crippen molar-refractivity contribution in [2.45, 2.75) is 24.8 Å². The first-order chi connectivity index (χ1) is 18.8. The Kier molecular flexibility index (Phi) is 7.38. The van der Waals surface area contributed by atoms with Gasteiger partial charge in [0, 0.05) is 18.1 Å². The molecule has 4 aromatic rings. The molecule has 1 aromatic heterocycles. The zero-order valence-corrected chi connectivity index (χ0v) is 21.6. The highest BCUT2D eigenvalue weighted by Gasteiger charge is 2.40. The molecule has 1 aliphatic rings. The number of nitrogens with zero attached hydrogens (tertiary/aromatic N) is 1. The van der Waals surface area contributed by atoms with Gasteiger partial charge in [-0.2, -0.15) is 0 Å². The minimum atomic E-state index is -1.06. The molecule has 1 fully saturated rings. The lowest BCUT2D eigenvalue weighted by Crippen LogP contribution is -2.32. The minimum absolute atomic E-state index is 0.0198. The van der Waals surface area contributed by atoms with E-state index in [0.717, 1.165) is 28.0 Å². The van der Waals surface area contributed by atoms with Crippen molar-refractivity contribution >= 4 is 39.8 Å². The van der Waals surface area contributed by atoms with Crippen LogP contribution in [0.5, 0.6) is 11.5 Å². The van der Waals surface area contributed by atoms with E-state index in [2.05, 4.69) is 0 Å². The summed E-state index contributed by atoms with van der Waals surface area (Å²) in [6.07, 6.45) is 1.36. The van der Waals surface area contributed by atoms with Gasteiger partial charge < -0.3 is 19.0 Å². The van der Waals surface area contributed by atoms with Crippen LogP contribution in [0.3, 0.4) is 0 Å². The average Bonchev–Trinajstić information content (AvgIpc) is 3.21. The monoisotopic (exact) mass is 545 g/mol. The molecule has 1 saturated heterocycles. The zero-order valence-electron chi connectivity index (χ0n) is 20.8. The molecular formula is C29H23NO8S. The van der Waals surface area contributed by atoms with Gasteiger partial charge in [0.15, 0.2) is 5.43 Å². The Morgan fingerprint density at radius 1 is 1.00 bits per heavy atom. The van der Waals surface area contributed by atoms with Gasteiger partial charge in [-0.25, -0.2) is 4.79 Å². The molecule has 10 heteroatoms. The third-order valence-corrected chi connectivity index (χ3v) is 7.38. The van der Waals surface area contributed by atoms with Crippen LogP contribution >= 0.6 is 11.8 Å². The topological polar surface area (TPSA) is 123 Å². The SMILES string of the molecule is COc1cccc(COc2ccc3c(=O)c(CC4SC(=O)N(Cc5ccc(C(=O)O)cc5)C4=O)coc3c2)c1. The van der Waals surface area contributed by atoms with E-state index in [1.807, 2.05) is 24.3 Å². The van der Waals surface area contributed by atoms with Crippen molar-refractivity contribution in [1.29, 1.82) is 0 Å². The number of amides is 2. The molecule has 0 bridgehead atoms. The van der Waals surface area contributed by atoms with Gasteiger partial charge in [-0.3, -0.25) is 19.3 Å². The summed E-state index contributed by atoms with van der Waals surface area (Å²) in [6.45, 7) is 0.326. The average molecular weight is 546 g/mol. The van der Waals surface area contributed by atoms with Crippen molar-refractivity contribution < 1.29 is 33.4 Å². The highest BCUT2D eigenvalue weighted by Crippen LogP contribution is 2.31. The number of ether oxygens (including phenoxy) is 2. The van der Waals surface area contributed by atoms with Gasteiger partial charge in [0.25, 0.3) is 5.24 Å². The normalized spacial score (nSPS) is 15.1. The fraction of sp³-hybridized carbons (Fsp3) is 0.172. The maximum Gasteiger partial charge on any atom is 0.335 e. The van der Waals surface area contributed by atoms with Crippen LogP contribution in [0, 0.1) is 0 Å². The molecule has 39 heavy (non-hydrogen) atoms. The van der Waals surface area contributed by atoms with Crippen molar-refractivity contribution in [2.75, 3.05) is 7.11 Å². The van der Waals surface area contributed by atoms with Crippen LogP contribution in [0.1, 0.15) is 27.0 Å². The van der Waals surface area contributed by atoms with Gasteiger partial charge in [-0.05, 0) is 47.5 Å². The molecule has 1 aliphatic heterocycles. The summed E-state index contributed by atoms with van der Waals surface area (Å²) in [4.78, 5) is 50.8. The molecule has 0 radical (unpaired) electrons. The third-order valence-electron chi connectivity index (χ3n) is 6.31. The Bertz CT molecular complexity index is 1630. The number of rotatable bonds is 9. The number of hydrogen-bond donors (Lipinski definition) is 1. The van der Waals surface area contributed by atoms with E-state index in [4.69, 9.17) is 19.0 Å². The van der Waals surface area contributed by atoms with Crippen molar-refractivity contribution in [2.24, 2.45) is 0 Å². The van der Waals surface area contributed by atoms with Crippen molar-refractivity contribution in [3.05, 3.63) is 105 Å². The van der Waals surface area contributed by atoms with Crippen LogP contribution in [-0.4, -0.2) is 39.5 Å². The Balaban J connectivity index is 1.27. The van der Waals surface area contributed by atoms with E-state index in [1.54, 1.807) is 37.4 Å². The molecule has 3 aromatic carbocycles. The lowest BCUT2D eigenvalue weighted by Gasteiger charge is -2.14. The van der Waals surface area contributed by atoms with Gasteiger partial charge in [0.2, 0.25) is 5.91 Å². The largest absolute Gasteiger partial charge is 0.497 e.